The van der Waals surface area contributed by atoms with Gasteiger partial charge in [0, 0.05) is 29.3 Å². The molecule has 0 aromatic heterocycles. The molecule has 0 aliphatic carbocycles. The van der Waals surface area contributed by atoms with Crippen LogP contribution in [0.4, 0.5) is 23.2 Å². The van der Waals surface area contributed by atoms with Crippen molar-refractivity contribution < 1.29 is 26.0 Å². The first-order valence-electron chi connectivity index (χ1n) is 6.78. The Morgan fingerprint density at radius 2 is 1.80 bits per heavy atom. The second-order valence-corrected chi connectivity index (χ2v) is 7.76. The van der Waals surface area contributed by atoms with Crippen LogP contribution in [0.5, 0.6) is 0 Å². The minimum absolute atomic E-state index is 0.0166. The van der Waals surface area contributed by atoms with Gasteiger partial charge in [-0.2, -0.15) is 13.2 Å². The fourth-order valence-corrected chi connectivity index (χ4v) is 3.38. The van der Waals surface area contributed by atoms with Gasteiger partial charge in [-0.1, -0.05) is 15.9 Å². The molecule has 0 saturated carbocycles. The molecule has 0 aliphatic heterocycles. The minimum Gasteiger partial charge on any atom is -0.370 e. The number of alkyl halides is 3. The van der Waals surface area contributed by atoms with Crippen LogP contribution in [0.2, 0.25) is 0 Å². The van der Waals surface area contributed by atoms with Crippen molar-refractivity contribution in [2.75, 3.05) is 11.9 Å². The van der Waals surface area contributed by atoms with E-state index in [-0.39, 0.29) is 17.8 Å². The first-order chi connectivity index (χ1) is 11.4. The van der Waals surface area contributed by atoms with E-state index < -0.39 is 32.5 Å². The third kappa shape index (κ3) is 4.71. The molecule has 2 aromatic carbocycles. The summed E-state index contributed by atoms with van der Waals surface area (Å²) in [4.78, 5) is 0.360. The van der Waals surface area contributed by atoms with Crippen molar-refractivity contribution in [1.82, 2.24) is 0 Å². The molecular formula is C15H13BrF4N2O2S. The van der Waals surface area contributed by atoms with Crippen molar-refractivity contribution >= 4 is 31.6 Å². The van der Waals surface area contributed by atoms with Crippen molar-refractivity contribution in [1.29, 1.82) is 0 Å². The highest BCUT2D eigenvalue weighted by atomic mass is 79.9. The molecule has 0 unspecified atom stereocenters. The lowest BCUT2D eigenvalue weighted by atomic mass is 10.1. The Labute approximate surface area is 150 Å². The maximum atomic E-state index is 13.8. The Balaban J connectivity index is 2.44. The van der Waals surface area contributed by atoms with Gasteiger partial charge in [0.25, 0.3) is 0 Å². The summed E-state index contributed by atoms with van der Waals surface area (Å²) in [6.45, 7) is -0.0166. The zero-order chi connectivity index (χ0) is 19.0. The Morgan fingerprint density at radius 1 is 1.16 bits per heavy atom. The van der Waals surface area contributed by atoms with Crippen molar-refractivity contribution in [3.05, 3.63) is 57.8 Å². The molecule has 0 atom stereocenters. The molecule has 0 bridgehead atoms. The first kappa shape index (κ1) is 19.7. The van der Waals surface area contributed by atoms with Crippen LogP contribution in [-0.2, 0) is 22.7 Å². The van der Waals surface area contributed by atoms with E-state index in [1.807, 2.05) is 0 Å². The van der Waals surface area contributed by atoms with E-state index in [0.717, 1.165) is 6.07 Å². The standard InChI is InChI=1S/C15H13BrF4N2O2S/c1-22(8-9-6-10(16)2-4-13(9)17)11-3-5-14(25(21,23)24)12(7-11)15(18,19)20/h2-7H,8H2,1H3,(H2,21,23,24). The zero-order valence-electron chi connectivity index (χ0n) is 12.8. The molecule has 136 valence electrons. The molecule has 2 N–H and O–H groups in total. The predicted molar refractivity (Wildman–Crippen MR) is 89.0 cm³/mol. The molecule has 0 radical (unpaired) electrons. The molecule has 0 fully saturated rings. The number of primary sulfonamides is 1. The molecule has 2 aromatic rings. The second kappa shape index (κ2) is 6.93. The summed E-state index contributed by atoms with van der Waals surface area (Å²) in [5.74, 6) is -0.507. The van der Waals surface area contributed by atoms with Crippen molar-refractivity contribution in [2.45, 2.75) is 17.6 Å². The van der Waals surface area contributed by atoms with E-state index in [2.05, 4.69) is 15.9 Å². The van der Waals surface area contributed by atoms with Gasteiger partial charge >= 0.3 is 6.18 Å². The van der Waals surface area contributed by atoms with Crippen molar-refractivity contribution in [3.8, 4) is 0 Å². The largest absolute Gasteiger partial charge is 0.417 e. The normalized spacial score (nSPS) is 12.3. The molecule has 0 heterocycles. The maximum absolute atomic E-state index is 13.8. The van der Waals surface area contributed by atoms with Gasteiger partial charge in [-0.15, -0.1) is 0 Å². The van der Waals surface area contributed by atoms with Crippen LogP contribution < -0.4 is 10.0 Å². The molecule has 0 amide bonds. The van der Waals surface area contributed by atoms with Crippen LogP contribution >= 0.6 is 15.9 Å². The molecule has 2 rings (SSSR count). The topological polar surface area (TPSA) is 63.4 Å². The van der Waals surface area contributed by atoms with Gasteiger partial charge in [-0.25, -0.2) is 17.9 Å². The fraction of sp³-hybridized carbons (Fsp3) is 0.200. The maximum Gasteiger partial charge on any atom is 0.417 e. The van der Waals surface area contributed by atoms with Gasteiger partial charge in [0.1, 0.15) is 5.82 Å². The molecule has 10 heteroatoms. The Hall–Kier alpha value is -1.65. The number of rotatable bonds is 4. The Morgan fingerprint density at radius 3 is 2.36 bits per heavy atom. The zero-order valence-corrected chi connectivity index (χ0v) is 15.2. The van der Waals surface area contributed by atoms with Gasteiger partial charge in [0.05, 0.1) is 10.5 Å². The van der Waals surface area contributed by atoms with Crippen LogP contribution in [0.1, 0.15) is 11.1 Å². The van der Waals surface area contributed by atoms with Gasteiger partial charge in [0.15, 0.2) is 0 Å². The van der Waals surface area contributed by atoms with E-state index in [0.29, 0.717) is 10.5 Å². The Bertz CT molecular complexity index is 901. The lowest BCUT2D eigenvalue weighted by Crippen LogP contribution is -2.22. The van der Waals surface area contributed by atoms with Gasteiger partial charge in [-0.3, -0.25) is 0 Å². The monoisotopic (exact) mass is 440 g/mol. The highest BCUT2D eigenvalue weighted by molar-refractivity contribution is 9.10. The number of anilines is 1. The van der Waals surface area contributed by atoms with Gasteiger partial charge in [0.2, 0.25) is 10.0 Å². The summed E-state index contributed by atoms with van der Waals surface area (Å²) in [6, 6.07) is 6.90. The molecule has 0 spiro atoms. The lowest BCUT2D eigenvalue weighted by Gasteiger charge is -2.22. The SMILES string of the molecule is CN(Cc1cc(Br)ccc1F)c1ccc(S(N)(=O)=O)c(C(F)(F)F)c1. The summed E-state index contributed by atoms with van der Waals surface area (Å²) in [5.41, 5.74) is -1.03. The summed E-state index contributed by atoms with van der Waals surface area (Å²) in [7, 11) is -3.07. The third-order valence-corrected chi connectivity index (χ3v) is 4.89. The number of hydrogen-bond donors (Lipinski definition) is 1. The fourth-order valence-electron chi connectivity index (χ4n) is 2.24. The van der Waals surface area contributed by atoms with E-state index in [4.69, 9.17) is 5.14 Å². The van der Waals surface area contributed by atoms with E-state index in [9.17, 15) is 26.0 Å². The quantitative estimate of drug-likeness (QED) is 0.733. The van der Waals surface area contributed by atoms with Crippen molar-refractivity contribution in [3.63, 3.8) is 0 Å². The van der Waals surface area contributed by atoms with E-state index in [1.54, 1.807) is 0 Å². The number of halogens is 5. The molecule has 0 saturated heterocycles. The highest BCUT2D eigenvalue weighted by Crippen LogP contribution is 2.36. The third-order valence-electron chi connectivity index (χ3n) is 3.43. The minimum atomic E-state index is -4.90. The lowest BCUT2D eigenvalue weighted by molar-refractivity contribution is -0.139. The van der Waals surface area contributed by atoms with E-state index in [1.165, 1.54) is 36.2 Å². The van der Waals surface area contributed by atoms with Crippen LogP contribution in [-0.4, -0.2) is 15.5 Å². The molecular weight excluding hydrogens is 428 g/mol. The van der Waals surface area contributed by atoms with Crippen LogP contribution in [0.15, 0.2) is 45.8 Å². The first-order valence-corrected chi connectivity index (χ1v) is 9.12. The van der Waals surface area contributed by atoms with Gasteiger partial charge < -0.3 is 4.90 Å². The average molecular weight is 441 g/mol. The molecule has 4 nitrogen and oxygen atoms in total. The Kier molecular flexibility index (Phi) is 5.45. The highest BCUT2D eigenvalue weighted by Gasteiger charge is 2.36. The summed E-state index contributed by atoms with van der Waals surface area (Å²) in [5, 5.41) is 4.84. The van der Waals surface area contributed by atoms with Crippen LogP contribution in [0.3, 0.4) is 0 Å². The molecule has 25 heavy (non-hydrogen) atoms. The summed E-state index contributed by atoms with van der Waals surface area (Å²) >= 11 is 3.20. The van der Waals surface area contributed by atoms with E-state index >= 15 is 0 Å². The number of sulfonamides is 1. The smallest absolute Gasteiger partial charge is 0.370 e. The second-order valence-electron chi connectivity index (χ2n) is 5.32. The number of benzene rings is 2. The number of nitrogens with zero attached hydrogens (tertiary/aromatic N) is 1. The van der Waals surface area contributed by atoms with Crippen LogP contribution in [0, 0.1) is 5.82 Å². The van der Waals surface area contributed by atoms with Gasteiger partial charge in [-0.05, 0) is 36.4 Å². The number of hydrogen-bond acceptors (Lipinski definition) is 3. The average Bonchev–Trinajstić information content (AvgIpc) is 2.48. The van der Waals surface area contributed by atoms with Crippen LogP contribution in [0.25, 0.3) is 0 Å². The summed E-state index contributed by atoms with van der Waals surface area (Å²) in [6.07, 6.45) is -4.90. The number of nitrogens with two attached hydrogens (primary N) is 1. The predicted octanol–water partition coefficient (Wildman–Crippen LogP) is 3.89. The molecule has 0 aliphatic rings. The summed E-state index contributed by atoms with van der Waals surface area (Å²) < 4.78 is 76.6. The van der Waals surface area contributed by atoms with Crippen molar-refractivity contribution in [2.24, 2.45) is 5.14 Å².